The molecule has 7 rings (SSSR count). The molecule has 11 atom stereocenters. The summed E-state index contributed by atoms with van der Waals surface area (Å²) in [5.41, 5.74) is 2.20. The lowest BCUT2D eigenvalue weighted by Gasteiger charge is -2.49. The van der Waals surface area contributed by atoms with E-state index in [0.29, 0.717) is 13.1 Å². The Bertz CT molecular complexity index is 1190. The minimum absolute atomic E-state index is 0.246. The first-order valence-corrected chi connectivity index (χ1v) is 14.9. The van der Waals surface area contributed by atoms with Crippen molar-refractivity contribution in [3.8, 4) is 0 Å². The standard InChI is InChI=1S/C32H41NO9/c1-31(2)39-26-25(38-30-28(27(26)40-31)41-32(3,4)42-30)24(35)21-22(29-36-17-20(37-29)23(21)34)33(15-18-11-7-5-8-12-18)16-19-13-9-6-10-14-19/h5-14,20-30,34-35H,15-17H2,1-4H3/t20-,21-,22-,23+,24+,25-,26+,27+,28-,29-,30-/m1/s1. The summed E-state index contributed by atoms with van der Waals surface area (Å²) in [5, 5.41) is 24.0. The van der Waals surface area contributed by atoms with E-state index in [0.717, 1.165) is 11.1 Å². The zero-order valence-electron chi connectivity index (χ0n) is 24.4. The minimum atomic E-state index is -1.16. The van der Waals surface area contributed by atoms with E-state index in [4.69, 9.17) is 33.2 Å². The van der Waals surface area contributed by atoms with Crippen molar-refractivity contribution in [1.29, 1.82) is 0 Å². The first kappa shape index (κ1) is 28.8. The van der Waals surface area contributed by atoms with Crippen LogP contribution in [0.3, 0.4) is 0 Å². The first-order chi connectivity index (χ1) is 20.1. The molecule has 2 bridgehead atoms. The maximum absolute atomic E-state index is 12.3. The van der Waals surface area contributed by atoms with Gasteiger partial charge in [-0.3, -0.25) is 4.90 Å². The molecule has 2 aromatic carbocycles. The zero-order valence-corrected chi connectivity index (χ0v) is 24.4. The molecule has 2 N–H and O–H groups in total. The van der Waals surface area contributed by atoms with Crippen LogP contribution < -0.4 is 0 Å². The molecule has 42 heavy (non-hydrogen) atoms. The van der Waals surface area contributed by atoms with Crippen molar-refractivity contribution in [2.24, 2.45) is 5.92 Å². The normalized spacial score (nSPS) is 40.5. The predicted octanol–water partition coefficient (Wildman–Crippen LogP) is 2.55. The van der Waals surface area contributed by atoms with Gasteiger partial charge in [-0.15, -0.1) is 0 Å². The molecule has 0 aliphatic carbocycles. The third-order valence-corrected chi connectivity index (χ3v) is 8.98. The molecule has 10 heteroatoms. The van der Waals surface area contributed by atoms with E-state index in [9.17, 15) is 10.2 Å². The van der Waals surface area contributed by atoms with Crippen LogP contribution in [0.5, 0.6) is 0 Å². The number of nitrogens with zero attached hydrogens (tertiary/aromatic N) is 1. The summed E-state index contributed by atoms with van der Waals surface area (Å²) >= 11 is 0. The molecule has 0 saturated carbocycles. The molecule has 5 fully saturated rings. The lowest BCUT2D eigenvalue weighted by atomic mass is 9.78. The largest absolute Gasteiger partial charge is 0.390 e. The van der Waals surface area contributed by atoms with Crippen molar-refractivity contribution in [3.63, 3.8) is 0 Å². The Morgan fingerprint density at radius 2 is 1.33 bits per heavy atom. The molecule has 5 aliphatic heterocycles. The highest BCUT2D eigenvalue weighted by molar-refractivity contribution is 5.19. The van der Waals surface area contributed by atoms with E-state index < -0.39 is 78.8 Å². The van der Waals surface area contributed by atoms with E-state index in [1.54, 1.807) is 0 Å². The molecule has 10 nitrogen and oxygen atoms in total. The fraction of sp³-hybridized carbons (Fsp3) is 0.625. The average Bonchev–Trinajstić information content (AvgIpc) is 3.62. The molecule has 2 aromatic rings. The number of benzene rings is 2. The van der Waals surface area contributed by atoms with Crippen LogP contribution in [-0.2, 0) is 46.2 Å². The smallest absolute Gasteiger partial charge is 0.190 e. The SMILES string of the molecule is CC1(C)O[C@@H]2[C@H](O1)[C@H]1OC(C)(C)O[C@H]1O[C@@H]2[C@@H](O)[C@H]1[C@@H](O)[C@H]2CO[C@H](O2)[C@@H]1N(Cc1ccccc1)Cc1ccccc1. The second kappa shape index (κ2) is 10.9. The van der Waals surface area contributed by atoms with Gasteiger partial charge in [0.1, 0.15) is 30.5 Å². The molecule has 0 radical (unpaired) electrons. The molecule has 228 valence electrons. The summed E-state index contributed by atoms with van der Waals surface area (Å²) in [6.07, 6.45) is -6.66. The Balaban J connectivity index is 1.24. The van der Waals surface area contributed by atoms with Gasteiger partial charge in [-0.25, -0.2) is 0 Å². The Kier molecular flexibility index (Phi) is 7.46. The minimum Gasteiger partial charge on any atom is -0.390 e. The maximum Gasteiger partial charge on any atom is 0.190 e. The number of rotatable bonds is 7. The monoisotopic (exact) mass is 583 g/mol. The van der Waals surface area contributed by atoms with Gasteiger partial charge in [0.25, 0.3) is 0 Å². The van der Waals surface area contributed by atoms with Crippen molar-refractivity contribution < 1.29 is 43.4 Å². The van der Waals surface area contributed by atoms with Crippen LogP contribution >= 0.6 is 0 Å². The van der Waals surface area contributed by atoms with Crippen molar-refractivity contribution in [2.45, 2.75) is 114 Å². The second-order valence-corrected chi connectivity index (χ2v) is 12.9. The molecule has 0 unspecified atom stereocenters. The Hall–Kier alpha value is -1.96. The third-order valence-electron chi connectivity index (χ3n) is 8.98. The number of aliphatic hydroxyl groups excluding tert-OH is 2. The summed E-state index contributed by atoms with van der Waals surface area (Å²) in [6, 6.07) is 19.8. The fourth-order valence-corrected chi connectivity index (χ4v) is 7.29. The molecule has 0 spiro atoms. The van der Waals surface area contributed by atoms with Crippen LogP contribution in [-0.4, -0.2) is 94.6 Å². The fourth-order valence-electron chi connectivity index (χ4n) is 7.29. The summed E-state index contributed by atoms with van der Waals surface area (Å²) in [6.45, 7) is 8.70. The predicted molar refractivity (Wildman–Crippen MR) is 149 cm³/mol. The quantitative estimate of drug-likeness (QED) is 0.505. The van der Waals surface area contributed by atoms with Gasteiger partial charge >= 0.3 is 0 Å². The number of hydrogen-bond acceptors (Lipinski definition) is 10. The molecule has 5 heterocycles. The number of fused-ring (bicyclic) bond motifs is 5. The molecule has 0 aromatic heterocycles. The van der Waals surface area contributed by atoms with Crippen LogP contribution in [0.1, 0.15) is 38.8 Å². The van der Waals surface area contributed by atoms with E-state index in [2.05, 4.69) is 29.2 Å². The van der Waals surface area contributed by atoms with Gasteiger partial charge in [0.05, 0.1) is 24.9 Å². The molecule has 5 saturated heterocycles. The van der Waals surface area contributed by atoms with Gasteiger partial charge in [0.2, 0.25) is 0 Å². The van der Waals surface area contributed by atoms with Crippen molar-refractivity contribution in [1.82, 2.24) is 4.90 Å². The van der Waals surface area contributed by atoms with Gasteiger partial charge in [-0.1, -0.05) is 60.7 Å². The molecule has 5 aliphatic rings. The number of hydrogen-bond donors (Lipinski definition) is 2. The lowest BCUT2D eigenvalue weighted by molar-refractivity contribution is -0.277. The van der Waals surface area contributed by atoms with Crippen molar-refractivity contribution >= 4 is 0 Å². The highest BCUT2D eigenvalue weighted by Crippen LogP contribution is 2.47. The van der Waals surface area contributed by atoms with Gasteiger partial charge in [0, 0.05) is 19.0 Å². The Morgan fingerprint density at radius 1 is 0.762 bits per heavy atom. The van der Waals surface area contributed by atoms with Crippen LogP contribution in [0.4, 0.5) is 0 Å². The Labute approximate surface area is 246 Å². The molecule has 0 amide bonds. The Morgan fingerprint density at radius 3 is 1.98 bits per heavy atom. The van der Waals surface area contributed by atoms with Gasteiger partial charge in [-0.2, -0.15) is 0 Å². The van der Waals surface area contributed by atoms with E-state index in [-0.39, 0.29) is 6.61 Å². The molecular weight excluding hydrogens is 542 g/mol. The highest BCUT2D eigenvalue weighted by Gasteiger charge is 2.64. The highest BCUT2D eigenvalue weighted by atomic mass is 16.9. The first-order valence-electron chi connectivity index (χ1n) is 14.9. The van der Waals surface area contributed by atoms with E-state index in [1.807, 2.05) is 64.1 Å². The van der Waals surface area contributed by atoms with E-state index in [1.165, 1.54) is 0 Å². The number of ether oxygens (including phenoxy) is 7. The van der Waals surface area contributed by atoms with Gasteiger partial charge < -0.3 is 43.4 Å². The average molecular weight is 584 g/mol. The summed E-state index contributed by atoms with van der Waals surface area (Å²) in [4.78, 5) is 2.23. The van der Waals surface area contributed by atoms with Crippen molar-refractivity contribution in [2.75, 3.05) is 6.61 Å². The maximum atomic E-state index is 12.3. The lowest BCUT2D eigenvalue weighted by Crippen LogP contribution is -2.66. The van der Waals surface area contributed by atoms with Gasteiger partial charge in [0.15, 0.2) is 24.2 Å². The summed E-state index contributed by atoms with van der Waals surface area (Å²) < 4.78 is 43.7. The van der Waals surface area contributed by atoms with Crippen LogP contribution in [0, 0.1) is 5.92 Å². The van der Waals surface area contributed by atoms with Crippen LogP contribution in [0.2, 0.25) is 0 Å². The van der Waals surface area contributed by atoms with Gasteiger partial charge in [-0.05, 0) is 38.8 Å². The van der Waals surface area contributed by atoms with Crippen LogP contribution in [0.25, 0.3) is 0 Å². The van der Waals surface area contributed by atoms with Crippen molar-refractivity contribution in [3.05, 3.63) is 71.8 Å². The third kappa shape index (κ3) is 5.32. The topological polar surface area (TPSA) is 108 Å². The summed E-state index contributed by atoms with van der Waals surface area (Å²) in [5.74, 6) is -2.48. The number of aliphatic hydroxyl groups is 2. The summed E-state index contributed by atoms with van der Waals surface area (Å²) in [7, 11) is 0. The van der Waals surface area contributed by atoms with E-state index >= 15 is 0 Å². The van der Waals surface area contributed by atoms with Crippen LogP contribution in [0.15, 0.2) is 60.7 Å². The second-order valence-electron chi connectivity index (χ2n) is 12.9. The molecular formula is C32H41NO9. The zero-order chi connectivity index (χ0) is 29.2.